The number of benzene rings is 1. The lowest BCUT2D eigenvalue weighted by Crippen LogP contribution is -1.97. The minimum atomic E-state index is 0.792. The van der Waals surface area contributed by atoms with Crippen molar-refractivity contribution in [2.45, 2.75) is 110 Å². The molecule has 3 nitrogen and oxygen atoms in total. The predicted molar refractivity (Wildman–Crippen MR) is 133 cm³/mol. The summed E-state index contributed by atoms with van der Waals surface area (Å²) in [5.41, 5.74) is 2.28. The summed E-state index contributed by atoms with van der Waals surface area (Å²) in [4.78, 5) is 9.14. The van der Waals surface area contributed by atoms with Crippen LogP contribution in [0.3, 0.4) is 0 Å². The average molecular weight is 425 g/mol. The monoisotopic (exact) mass is 424 g/mol. The summed E-state index contributed by atoms with van der Waals surface area (Å²) in [6, 6.07) is 8.19. The maximum absolute atomic E-state index is 5.91. The first-order chi connectivity index (χ1) is 15.3. The van der Waals surface area contributed by atoms with Gasteiger partial charge in [-0.25, -0.2) is 9.97 Å². The maximum Gasteiger partial charge on any atom is 0.159 e. The van der Waals surface area contributed by atoms with E-state index in [0.717, 1.165) is 36.6 Å². The predicted octanol–water partition coefficient (Wildman–Crippen LogP) is 8.57. The lowest BCUT2D eigenvalue weighted by Gasteiger charge is -2.07. The van der Waals surface area contributed by atoms with E-state index in [-0.39, 0.29) is 0 Å². The van der Waals surface area contributed by atoms with Gasteiger partial charge in [0.1, 0.15) is 5.75 Å². The summed E-state index contributed by atoms with van der Waals surface area (Å²) in [5, 5.41) is 0. The summed E-state index contributed by atoms with van der Waals surface area (Å²) in [6.45, 7) is 5.33. The Morgan fingerprint density at radius 2 is 1.13 bits per heavy atom. The minimum absolute atomic E-state index is 0.792. The van der Waals surface area contributed by atoms with Gasteiger partial charge < -0.3 is 4.74 Å². The number of hydrogen-bond donors (Lipinski definition) is 0. The van der Waals surface area contributed by atoms with Crippen molar-refractivity contribution < 1.29 is 4.74 Å². The highest BCUT2D eigenvalue weighted by atomic mass is 16.5. The third-order valence-electron chi connectivity index (χ3n) is 5.90. The number of rotatable bonds is 18. The molecule has 3 heteroatoms. The van der Waals surface area contributed by atoms with Gasteiger partial charge >= 0.3 is 0 Å². The Morgan fingerprint density at radius 1 is 0.613 bits per heavy atom. The van der Waals surface area contributed by atoms with Crippen LogP contribution in [0.1, 0.15) is 109 Å². The fourth-order valence-corrected chi connectivity index (χ4v) is 3.87. The highest BCUT2D eigenvalue weighted by Gasteiger charge is 2.03. The average Bonchev–Trinajstić information content (AvgIpc) is 2.81. The zero-order chi connectivity index (χ0) is 22.0. The molecule has 31 heavy (non-hydrogen) atoms. The number of nitrogens with zero attached hydrogens (tertiary/aromatic N) is 2. The molecular formula is C28H44N2O. The number of aryl methyl sites for hydroxylation is 1. The Balaban J connectivity index is 1.60. The third kappa shape index (κ3) is 11.3. The van der Waals surface area contributed by atoms with Crippen molar-refractivity contribution >= 4 is 0 Å². The van der Waals surface area contributed by atoms with Gasteiger partial charge in [-0.15, -0.1) is 0 Å². The maximum atomic E-state index is 5.91. The normalized spacial score (nSPS) is 11.0. The Kier molecular flexibility index (Phi) is 13.7. The van der Waals surface area contributed by atoms with Crippen LogP contribution in [0.15, 0.2) is 36.7 Å². The topological polar surface area (TPSA) is 35.0 Å². The van der Waals surface area contributed by atoms with E-state index in [1.807, 2.05) is 24.5 Å². The Bertz CT molecular complexity index is 666. The van der Waals surface area contributed by atoms with E-state index in [9.17, 15) is 0 Å². The Morgan fingerprint density at radius 3 is 1.71 bits per heavy atom. The lowest BCUT2D eigenvalue weighted by molar-refractivity contribution is 0.304. The first-order valence-electron chi connectivity index (χ1n) is 12.9. The summed E-state index contributed by atoms with van der Waals surface area (Å²) in [5.74, 6) is 1.73. The van der Waals surface area contributed by atoms with Crippen molar-refractivity contribution in [3.63, 3.8) is 0 Å². The van der Waals surface area contributed by atoms with E-state index < -0.39 is 0 Å². The largest absolute Gasteiger partial charge is 0.494 e. The second-order valence-corrected chi connectivity index (χ2v) is 8.78. The molecular weight excluding hydrogens is 380 g/mol. The number of aromatic nitrogens is 2. The van der Waals surface area contributed by atoms with Gasteiger partial charge in [0.25, 0.3) is 0 Å². The van der Waals surface area contributed by atoms with Gasteiger partial charge in [-0.3, -0.25) is 0 Å². The number of ether oxygens (including phenoxy) is 1. The van der Waals surface area contributed by atoms with E-state index in [2.05, 4.69) is 35.9 Å². The van der Waals surface area contributed by atoms with Gasteiger partial charge in [-0.2, -0.15) is 0 Å². The van der Waals surface area contributed by atoms with Crippen LogP contribution in [0.4, 0.5) is 0 Å². The van der Waals surface area contributed by atoms with Crippen molar-refractivity contribution in [3.05, 3.63) is 42.2 Å². The van der Waals surface area contributed by atoms with Gasteiger partial charge in [0.2, 0.25) is 0 Å². The Hall–Kier alpha value is -1.90. The summed E-state index contributed by atoms with van der Waals surface area (Å²) < 4.78 is 5.91. The van der Waals surface area contributed by atoms with Crippen LogP contribution in [0.25, 0.3) is 11.4 Å². The van der Waals surface area contributed by atoms with Gasteiger partial charge in [0, 0.05) is 18.0 Å². The molecule has 1 heterocycles. The molecule has 0 radical (unpaired) electrons. The quantitative estimate of drug-likeness (QED) is 0.225. The van der Waals surface area contributed by atoms with E-state index in [0.29, 0.717) is 0 Å². The van der Waals surface area contributed by atoms with Gasteiger partial charge in [-0.1, -0.05) is 90.9 Å². The van der Waals surface area contributed by atoms with E-state index in [4.69, 9.17) is 4.74 Å². The van der Waals surface area contributed by atoms with Crippen LogP contribution in [-0.2, 0) is 6.42 Å². The van der Waals surface area contributed by atoms with Crippen LogP contribution < -0.4 is 4.74 Å². The van der Waals surface area contributed by atoms with Crippen LogP contribution in [-0.4, -0.2) is 16.6 Å². The fraction of sp³-hybridized carbons (Fsp3) is 0.643. The van der Waals surface area contributed by atoms with Crippen LogP contribution >= 0.6 is 0 Å². The zero-order valence-corrected chi connectivity index (χ0v) is 20.1. The van der Waals surface area contributed by atoms with E-state index in [1.54, 1.807) is 0 Å². The molecule has 0 aliphatic rings. The van der Waals surface area contributed by atoms with Crippen LogP contribution in [0, 0.1) is 0 Å². The molecule has 0 saturated carbocycles. The standard InChI is InChI=1S/C28H44N2O/c1-3-5-7-9-10-11-12-14-16-22-31-27-20-18-26(19-21-27)28-29-23-25(24-30-28)17-15-13-8-6-4-2/h18-21,23-24H,3-17,22H2,1-2H3. The summed E-state index contributed by atoms with van der Waals surface area (Å²) in [6.07, 6.45) is 23.6. The molecule has 0 bridgehead atoms. The van der Waals surface area contributed by atoms with Gasteiger partial charge in [0.15, 0.2) is 5.82 Å². The summed E-state index contributed by atoms with van der Waals surface area (Å²) >= 11 is 0. The lowest BCUT2D eigenvalue weighted by atomic mass is 10.1. The molecule has 0 aliphatic heterocycles. The van der Waals surface area contributed by atoms with Crippen LogP contribution in [0.2, 0.25) is 0 Å². The highest BCUT2D eigenvalue weighted by molar-refractivity contribution is 5.55. The van der Waals surface area contributed by atoms with Crippen molar-refractivity contribution in [2.24, 2.45) is 0 Å². The van der Waals surface area contributed by atoms with Crippen molar-refractivity contribution in [1.82, 2.24) is 9.97 Å². The second kappa shape index (κ2) is 16.8. The number of unbranched alkanes of at least 4 members (excludes halogenated alkanes) is 12. The second-order valence-electron chi connectivity index (χ2n) is 8.78. The highest BCUT2D eigenvalue weighted by Crippen LogP contribution is 2.20. The molecule has 172 valence electrons. The molecule has 2 aromatic rings. The van der Waals surface area contributed by atoms with E-state index >= 15 is 0 Å². The molecule has 0 N–H and O–H groups in total. The fourth-order valence-electron chi connectivity index (χ4n) is 3.87. The SMILES string of the molecule is CCCCCCCCCCCOc1ccc(-c2ncc(CCCCCCC)cn2)cc1. The molecule has 1 aromatic carbocycles. The summed E-state index contributed by atoms with van der Waals surface area (Å²) in [7, 11) is 0. The van der Waals surface area contributed by atoms with Crippen LogP contribution in [0.5, 0.6) is 5.75 Å². The third-order valence-corrected chi connectivity index (χ3v) is 5.90. The molecule has 0 saturated heterocycles. The first-order valence-corrected chi connectivity index (χ1v) is 12.9. The molecule has 0 fully saturated rings. The molecule has 0 spiro atoms. The zero-order valence-electron chi connectivity index (χ0n) is 20.1. The number of hydrogen-bond acceptors (Lipinski definition) is 3. The van der Waals surface area contributed by atoms with Crippen molar-refractivity contribution in [3.8, 4) is 17.1 Å². The smallest absolute Gasteiger partial charge is 0.159 e. The molecule has 0 amide bonds. The van der Waals surface area contributed by atoms with Gasteiger partial charge in [0.05, 0.1) is 6.61 Å². The molecule has 1 aromatic heterocycles. The molecule has 0 atom stereocenters. The van der Waals surface area contributed by atoms with Crippen molar-refractivity contribution in [2.75, 3.05) is 6.61 Å². The minimum Gasteiger partial charge on any atom is -0.494 e. The Labute approximate surface area is 191 Å². The molecule has 0 unspecified atom stereocenters. The molecule has 0 aliphatic carbocycles. The first kappa shape index (κ1) is 25.4. The van der Waals surface area contributed by atoms with E-state index in [1.165, 1.54) is 89.0 Å². The molecule has 2 rings (SSSR count). The van der Waals surface area contributed by atoms with Crippen molar-refractivity contribution in [1.29, 1.82) is 0 Å². The van der Waals surface area contributed by atoms with Gasteiger partial charge in [-0.05, 0) is 49.1 Å².